The summed E-state index contributed by atoms with van der Waals surface area (Å²) >= 11 is 0. The van der Waals surface area contributed by atoms with Gasteiger partial charge in [0.1, 0.15) is 0 Å². The van der Waals surface area contributed by atoms with Crippen LogP contribution in [0.15, 0.2) is 49.1 Å². The normalized spacial score (nSPS) is 21.7. The molecule has 0 radical (unpaired) electrons. The quantitative estimate of drug-likeness (QED) is 0.772. The van der Waals surface area contributed by atoms with Crippen molar-refractivity contribution in [1.82, 2.24) is 14.9 Å². The highest BCUT2D eigenvalue weighted by Crippen LogP contribution is 2.43. The molecule has 2 aromatic rings. The molecule has 0 spiro atoms. The minimum absolute atomic E-state index is 0.0626. The molecule has 1 aromatic carbocycles. The molecule has 1 aliphatic heterocycles. The number of amides is 1. The Hall–Kier alpha value is -2.14. The van der Waals surface area contributed by atoms with Gasteiger partial charge in [0.15, 0.2) is 0 Å². The van der Waals surface area contributed by atoms with Gasteiger partial charge in [-0.1, -0.05) is 30.3 Å². The summed E-state index contributed by atoms with van der Waals surface area (Å²) in [5.41, 5.74) is 1.28. The molecule has 2 heterocycles. The number of ether oxygens (including phenoxy) is 1. The summed E-state index contributed by atoms with van der Waals surface area (Å²) < 4.78 is 7.96. The fraction of sp³-hybridized carbons (Fsp3) is 0.545. The lowest BCUT2D eigenvalue weighted by molar-refractivity contribution is -0.121. The van der Waals surface area contributed by atoms with Crippen molar-refractivity contribution in [1.29, 1.82) is 0 Å². The van der Waals surface area contributed by atoms with Gasteiger partial charge in [0.2, 0.25) is 5.91 Å². The molecule has 1 atom stereocenters. The van der Waals surface area contributed by atoms with Gasteiger partial charge in [-0.2, -0.15) is 0 Å². The molecule has 3 rings (SSSR count). The van der Waals surface area contributed by atoms with Gasteiger partial charge in [0, 0.05) is 43.9 Å². The Kier molecular flexibility index (Phi) is 6.32. The molecule has 27 heavy (non-hydrogen) atoms. The monoisotopic (exact) mass is 369 g/mol. The zero-order chi connectivity index (χ0) is 19.2. The number of nitrogens with zero attached hydrogens (tertiary/aromatic N) is 2. The topological polar surface area (TPSA) is 56.2 Å². The number of imidazole rings is 1. The van der Waals surface area contributed by atoms with E-state index in [1.807, 2.05) is 10.8 Å². The van der Waals surface area contributed by atoms with E-state index in [0.29, 0.717) is 13.0 Å². The number of carbonyl (C=O) groups is 1. The van der Waals surface area contributed by atoms with Crippen molar-refractivity contribution < 1.29 is 9.53 Å². The zero-order valence-corrected chi connectivity index (χ0v) is 16.5. The van der Waals surface area contributed by atoms with Crippen LogP contribution in [-0.2, 0) is 21.5 Å². The summed E-state index contributed by atoms with van der Waals surface area (Å²) in [7, 11) is 0. The lowest BCUT2D eigenvalue weighted by Gasteiger charge is -2.45. The van der Waals surface area contributed by atoms with Gasteiger partial charge in [0.05, 0.1) is 11.9 Å². The minimum Gasteiger partial charge on any atom is -0.376 e. The van der Waals surface area contributed by atoms with Crippen LogP contribution in [0.1, 0.15) is 51.5 Å². The fourth-order valence-electron chi connectivity index (χ4n) is 4.24. The first-order valence-corrected chi connectivity index (χ1v) is 9.91. The molecule has 1 aliphatic rings. The van der Waals surface area contributed by atoms with Gasteiger partial charge in [0.25, 0.3) is 0 Å². The number of hydrogen-bond donors (Lipinski definition) is 1. The molecule has 0 aliphatic carbocycles. The van der Waals surface area contributed by atoms with E-state index in [2.05, 4.69) is 54.5 Å². The molecule has 5 nitrogen and oxygen atoms in total. The van der Waals surface area contributed by atoms with Crippen molar-refractivity contribution in [3.8, 4) is 0 Å². The van der Waals surface area contributed by atoms with Crippen LogP contribution in [0.4, 0.5) is 0 Å². The second-order valence-corrected chi connectivity index (χ2v) is 8.19. The van der Waals surface area contributed by atoms with Crippen LogP contribution < -0.4 is 5.32 Å². The van der Waals surface area contributed by atoms with Gasteiger partial charge in [-0.25, -0.2) is 4.98 Å². The van der Waals surface area contributed by atoms with Gasteiger partial charge in [-0.3, -0.25) is 4.79 Å². The standard InChI is InChI=1S/C22H31N3O2/c1-21(2)17-22(11-16-27-21,19-7-4-3-5-8-19)10-12-24-20(26)9-6-14-25-15-13-23-18-25/h3-5,7-8,13,15,18H,6,9-12,14,16-17H2,1-2H3,(H,24,26). The van der Waals surface area contributed by atoms with Gasteiger partial charge in [-0.15, -0.1) is 0 Å². The molecular formula is C22H31N3O2. The maximum atomic E-state index is 12.2. The van der Waals surface area contributed by atoms with E-state index < -0.39 is 0 Å². The fourth-order valence-corrected chi connectivity index (χ4v) is 4.24. The first-order valence-electron chi connectivity index (χ1n) is 9.91. The van der Waals surface area contributed by atoms with Crippen molar-refractivity contribution in [3.05, 3.63) is 54.6 Å². The Labute approximate surface area is 162 Å². The van der Waals surface area contributed by atoms with Crippen LogP contribution in [0, 0.1) is 0 Å². The van der Waals surface area contributed by atoms with Crippen molar-refractivity contribution in [2.45, 2.75) is 63.5 Å². The molecule has 0 saturated carbocycles. The maximum Gasteiger partial charge on any atom is 0.220 e. The highest BCUT2D eigenvalue weighted by molar-refractivity contribution is 5.75. The minimum atomic E-state index is -0.136. The second-order valence-electron chi connectivity index (χ2n) is 8.19. The number of nitrogens with one attached hydrogen (secondary N) is 1. The summed E-state index contributed by atoms with van der Waals surface area (Å²) in [4.78, 5) is 16.2. The average Bonchev–Trinajstić information content (AvgIpc) is 3.15. The smallest absolute Gasteiger partial charge is 0.220 e. The van der Waals surface area contributed by atoms with Crippen molar-refractivity contribution in [3.63, 3.8) is 0 Å². The second kappa shape index (κ2) is 8.70. The summed E-state index contributed by atoms with van der Waals surface area (Å²) in [6.07, 6.45) is 9.76. The highest BCUT2D eigenvalue weighted by atomic mass is 16.5. The summed E-state index contributed by atoms with van der Waals surface area (Å²) in [5.74, 6) is 0.129. The molecule has 1 fully saturated rings. The van der Waals surface area contributed by atoms with Gasteiger partial charge >= 0.3 is 0 Å². The Morgan fingerprint density at radius 3 is 2.81 bits per heavy atom. The van der Waals surface area contributed by atoms with E-state index in [4.69, 9.17) is 4.74 Å². The lowest BCUT2D eigenvalue weighted by atomic mass is 9.67. The van der Waals surface area contributed by atoms with Crippen molar-refractivity contribution in [2.75, 3.05) is 13.2 Å². The summed E-state index contributed by atoms with van der Waals surface area (Å²) in [6, 6.07) is 10.7. The molecule has 1 amide bonds. The number of aromatic nitrogens is 2. The third kappa shape index (κ3) is 5.42. The van der Waals surface area contributed by atoms with E-state index >= 15 is 0 Å². The van der Waals surface area contributed by atoms with Crippen LogP contribution in [0.3, 0.4) is 0 Å². The van der Waals surface area contributed by atoms with E-state index in [0.717, 1.165) is 38.8 Å². The summed E-state index contributed by atoms with van der Waals surface area (Å²) in [6.45, 7) is 6.62. The number of carbonyl (C=O) groups excluding carboxylic acids is 1. The Balaban J connectivity index is 1.53. The third-order valence-electron chi connectivity index (χ3n) is 5.53. The van der Waals surface area contributed by atoms with E-state index in [1.165, 1.54) is 5.56 Å². The highest BCUT2D eigenvalue weighted by Gasteiger charge is 2.41. The summed E-state index contributed by atoms with van der Waals surface area (Å²) in [5, 5.41) is 3.13. The Bertz CT molecular complexity index is 712. The molecular weight excluding hydrogens is 338 g/mol. The van der Waals surface area contributed by atoms with Crippen LogP contribution in [0.5, 0.6) is 0 Å². The van der Waals surface area contributed by atoms with Crippen LogP contribution >= 0.6 is 0 Å². The number of hydrogen-bond acceptors (Lipinski definition) is 3. The molecule has 0 bridgehead atoms. The van der Waals surface area contributed by atoms with Crippen LogP contribution in [-0.4, -0.2) is 34.2 Å². The van der Waals surface area contributed by atoms with Crippen LogP contribution in [0.25, 0.3) is 0 Å². The SMILES string of the molecule is CC1(C)CC(CCNC(=O)CCCn2ccnc2)(c2ccccc2)CCO1. The van der Waals surface area contributed by atoms with Crippen molar-refractivity contribution >= 4 is 5.91 Å². The van der Waals surface area contributed by atoms with E-state index in [-0.39, 0.29) is 16.9 Å². The molecule has 1 aromatic heterocycles. The first kappa shape index (κ1) is 19.6. The Morgan fingerprint density at radius 1 is 1.30 bits per heavy atom. The third-order valence-corrected chi connectivity index (χ3v) is 5.53. The zero-order valence-electron chi connectivity index (χ0n) is 16.5. The van der Waals surface area contributed by atoms with Gasteiger partial charge < -0.3 is 14.6 Å². The number of aryl methyl sites for hydroxylation is 1. The predicted octanol–water partition coefficient (Wildman–Crippen LogP) is 3.70. The molecule has 146 valence electrons. The lowest BCUT2D eigenvalue weighted by Crippen LogP contribution is -2.45. The van der Waals surface area contributed by atoms with Gasteiger partial charge in [-0.05, 0) is 45.1 Å². The molecule has 1 saturated heterocycles. The van der Waals surface area contributed by atoms with E-state index in [9.17, 15) is 4.79 Å². The molecule has 5 heteroatoms. The predicted molar refractivity (Wildman–Crippen MR) is 106 cm³/mol. The molecule has 1 N–H and O–H groups in total. The number of rotatable bonds is 8. The number of benzene rings is 1. The maximum absolute atomic E-state index is 12.2. The Morgan fingerprint density at radius 2 is 2.11 bits per heavy atom. The van der Waals surface area contributed by atoms with Crippen molar-refractivity contribution in [2.24, 2.45) is 0 Å². The van der Waals surface area contributed by atoms with E-state index in [1.54, 1.807) is 12.5 Å². The van der Waals surface area contributed by atoms with Crippen LogP contribution in [0.2, 0.25) is 0 Å². The first-order chi connectivity index (χ1) is 13.0. The molecule has 1 unspecified atom stereocenters. The largest absolute Gasteiger partial charge is 0.376 e. The average molecular weight is 370 g/mol.